The minimum absolute atomic E-state index is 0. The Bertz CT molecular complexity index is 1060. The van der Waals surface area contributed by atoms with Gasteiger partial charge in [0.25, 0.3) is 0 Å². The maximum Gasteiger partial charge on any atom is 2.00 e. The number of rotatable bonds is 6. The summed E-state index contributed by atoms with van der Waals surface area (Å²) in [5, 5.41) is 56.6. The van der Waals surface area contributed by atoms with Crippen molar-refractivity contribution in [3.05, 3.63) is 106 Å². The van der Waals surface area contributed by atoms with Crippen LogP contribution in [-0.2, 0) is 0 Å². The van der Waals surface area contributed by atoms with E-state index < -0.39 is 35.8 Å². The van der Waals surface area contributed by atoms with E-state index in [0.717, 1.165) is 0 Å². The number of carbonyl (C=O) groups excluding carboxylic acids is 3. The molecule has 0 saturated heterocycles. The number of carboxylic acids is 6. The molecule has 0 atom stereocenters. The molecule has 0 aliphatic carbocycles. The summed E-state index contributed by atoms with van der Waals surface area (Å²) in [5.41, 5.74) is -1.66. The van der Waals surface area contributed by atoms with Crippen molar-refractivity contribution >= 4 is 58.9 Å². The monoisotopic (exact) mass is 558 g/mol. The molecule has 0 bridgehead atoms. The van der Waals surface area contributed by atoms with Gasteiger partial charge in [0.15, 0.2) is 0 Å². The first-order valence-corrected chi connectivity index (χ1v) is 9.49. The summed E-state index contributed by atoms with van der Waals surface area (Å²) in [5.74, 6) is -8.24. The van der Waals surface area contributed by atoms with Gasteiger partial charge >= 0.3 is 92.3 Å². The Balaban J connectivity index is 0. The fourth-order valence-electron chi connectivity index (χ4n) is 2.54. The summed E-state index contributed by atoms with van der Waals surface area (Å²) in [6, 6.07) is 15.9. The molecule has 3 rings (SSSR count). The molecule has 3 aromatic rings. The molecule has 0 radical (unpaired) electrons. The van der Waals surface area contributed by atoms with Gasteiger partial charge in [-0.1, -0.05) is 54.6 Å². The molecule has 0 aliphatic rings. The third kappa shape index (κ3) is 11.5. The van der Waals surface area contributed by atoms with Gasteiger partial charge in [-0.2, -0.15) is 0 Å². The molecule has 0 unspecified atom stereocenters. The van der Waals surface area contributed by atoms with Crippen LogP contribution in [0.2, 0.25) is 0 Å². The third-order valence-electron chi connectivity index (χ3n) is 4.13. The minimum atomic E-state index is -1.48. The van der Waals surface area contributed by atoms with E-state index in [4.69, 9.17) is 15.3 Å². The molecule has 38 heavy (non-hydrogen) atoms. The van der Waals surface area contributed by atoms with Gasteiger partial charge in [0, 0.05) is 16.7 Å². The quantitative estimate of drug-likeness (QED) is 0.245. The van der Waals surface area contributed by atoms with Gasteiger partial charge in [0.05, 0.1) is 34.6 Å². The van der Waals surface area contributed by atoms with E-state index in [1.165, 1.54) is 72.8 Å². The normalized spacial score (nSPS) is 8.84. The Kier molecular flexibility index (Phi) is 17.7. The van der Waals surface area contributed by atoms with Crippen molar-refractivity contribution in [2.24, 2.45) is 0 Å². The van der Waals surface area contributed by atoms with Crippen molar-refractivity contribution in [1.82, 2.24) is 0 Å². The number of carboxylic acid groups (broad SMARTS) is 6. The van der Waals surface area contributed by atoms with Crippen molar-refractivity contribution < 1.29 is 111 Å². The number of hydrogen-bond donors (Lipinski definition) is 3. The largest absolute Gasteiger partial charge is 2.00 e. The van der Waals surface area contributed by atoms with E-state index >= 15 is 0 Å². The third-order valence-corrected chi connectivity index (χ3v) is 4.13. The average molecular weight is 559 g/mol. The zero-order valence-electron chi connectivity index (χ0n) is 19.7. The van der Waals surface area contributed by atoms with Crippen LogP contribution in [0, 0.1) is 0 Å². The summed E-state index contributed by atoms with van der Waals surface area (Å²) < 4.78 is 0. The van der Waals surface area contributed by atoms with Crippen LogP contribution in [0.5, 0.6) is 0 Å². The predicted molar refractivity (Wildman–Crippen MR) is 119 cm³/mol. The Labute approximate surface area is 273 Å². The van der Waals surface area contributed by atoms with E-state index in [0.29, 0.717) is 0 Å². The SMILES string of the molecule is O=C([O-])c1ccccc1C(=O)O.O=C([O-])c1ccccc1C(=O)O.O=C([O-])c1ccccc1C(=O)O.[K+].[Mg+2]. The van der Waals surface area contributed by atoms with E-state index in [2.05, 4.69) is 0 Å². The molecule has 0 spiro atoms. The maximum atomic E-state index is 10.4. The first kappa shape index (κ1) is 37.0. The van der Waals surface area contributed by atoms with Crippen LogP contribution in [0.1, 0.15) is 62.1 Å². The minimum Gasteiger partial charge on any atom is -0.545 e. The van der Waals surface area contributed by atoms with Crippen molar-refractivity contribution in [1.29, 1.82) is 0 Å². The zero-order chi connectivity index (χ0) is 27.4. The van der Waals surface area contributed by atoms with Gasteiger partial charge in [-0.05, 0) is 18.2 Å². The molecular weight excluding hydrogens is 544 g/mol. The van der Waals surface area contributed by atoms with Crippen LogP contribution in [0.15, 0.2) is 72.8 Å². The molecule has 0 aromatic heterocycles. The molecule has 0 heterocycles. The van der Waals surface area contributed by atoms with Crippen molar-refractivity contribution in [2.45, 2.75) is 0 Å². The second-order valence-electron chi connectivity index (χ2n) is 6.41. The number of carbonyl (C=O) groups is 6. The van der Waals surface area contributed by atoms with Crippen LogP contribution < -0.4 is 66.7 Å². The van der Waals surface area contributed by atoms with Crippen LogP contribution in [-0.4, -0.2) is 74.2 Å². The summed E-state index contributed by atoms with van der Waals surface area (Å²) in [6.45, 7) is 0. The standard InChI is InChI=1S/3C8H6O4.K.Mg/c3*9-7(10)5-3-1-2-4-6(5)8(11)12;;/h3*1-4H,(H,9,10)(H,11,12);;/q;;;+1;+2/p-3. The summed E-state index contributed by atoms with van der Waals surface area (Å²) in [6.07, 6.45) is 0. The smallest absolute Gasteiger partial charge is 0.545 e. The van der Waals surface area contributed by atoms with Gasteiger partial charge in [-0.15, -0.1) is 0 Å². The second kappa shape index (κ2) is 18.2. The fraction of sp³-hybridized carbons (Fsp3) is 0. The summed E-state index contributed by atoms with van der Waals surface area (Å²) in [7, 11) is 0. The first-order chi connectivity index (χ1) is 16.9. The molecule has 3 aromatic carbocycles. The molecule has 186 valence electrons. The van der Waals surface area contributed by atoms with Crippen LogP contribution >= 0.6 is 0 Å². The molecular formula is C24H15KMgO12. The predicted octanol–water partition coefficient (Wildman–Crippen LogP) is -4.13. The fourth-order valence-corrected chi connectivity index (χ4v) is 2.54. The molecule has 0 aliphatic heterocycles. The maximum absolute atomic E-state index is 10.4. The summed E-state index contributed by atoms with van der Waals surface area (Å²) >= 11 is 0. The Morgan fingerprint density at radius 2 is 0.579 bits per heavy atom. The van der Waals surface area contributed by atoms with E-state index in [1.807, 2.05) is 0 Å². The van der Waals surface area contributed by atoms with Crippen LogP contribution in [0.25, 0.3) is 0 Å². The van der Waals surface area contributed by atoms with Crippen LogP contribution in [0.4, 0.5) is 0 Å². The van der Waals surface area contributed by atoms with Gasteiger partial charge < -0.3 is 45.0 Å². The Hall–Kier alpha value is -3.12. The van der Waals surface area contributed by atoms with Gasteiger partial charge in [0.1, 0.15) is 0 Å². The number of aromatic carboxylic acids is 6. The van der Waals surface area contributed by atoms with Crippen molar-refractivity contribution in [3.8, 4) is 0 Å². The molecule has 0 saturated carbocycles. The van der Waals surface area contributed by atoms with E-state index in [-0.39, 0.29) is 108 Å². The summed E-state index contributed by atoms with van der Waals surface area (Å²) in [4.78, 5) is 62.4. The second-order valence-corrected chi connectivity index (χ2v) is 6.41. The Morgan fingerprint density at radius 3 is 0.684 bits per heavy atom. The number of hydrogen-bond acceptors (Lipinski definition) is 9. The van der Waals surface area contributed by atoms with E-state index in [1.54, 1.807) is 0 Å². The van der Waals surface area contributed by atoms with Gasteiger partial charge in [-0.3, -0.25) is 0 Å². The zero-order valence-corrected chi connectivity index (χ0v) is 24.2. The molecule has 14 heteroatoms. The molecule has 0 fully saturated rings. The average Bonchev–Trinajstić information content (AvgIpc) is 2.84. The topological polar surface area (TPSA) is 232 Å². The Morgan fingerprint density at radius 1 is 0.421 bits per heavy atom. The molecule has 12 nitrogen and oxygen atoms in total. The first-order valence-electron chi connectivity index (χ1n) is 9.49. The van der Waals surface area contributed by atoms with Gasteiger partial charge in [0.2, 0.25) is 0 Å². The van der Waals surface area contributed by atoms with E-state index in [9.17, 15) is 44.1 Å². The van der Waals surface area contributed by atoms with Crippen LogP contribution in [0.3, 0.4) is 0 Å². The van der Waals surface area contributed by atoms with Crippen molar-refractivity contribution in [2.75, 3.05) is 0 Å². The number of benzene rings is 3. The molecule has 3 N–H and O–H groups in total. The van der Waals surface area contributed by atoms with Gasteiger partial charge in [-0.25, -0.2) is 14.4 Å². The van der Waals surface area contributed by atoms with Crippen molar-refractivity contribution in [3.63, 3.8) is 0 Å². The molecule has 0 amide bonds.